The van der Waals surface area contributed by atoms with Crippen molar-refractivity contribution in [2.75, 3.05) is 12.4 Å². The summed E-state index contributed by atoms with van der Waals surface area (Å²) in [5, 5.41) is 4.84. The molecule has 1 aliphatic rings. The Morgan fingerprint density at radius 1 is 1.00 bits per heavy atom. The highest BCUT2D eigenvalue weighted by atomic mass is 32.1. The van der Waals surface area contributed by atoms with Gasteiger partial charge in [0.05, 0.1) is 12.5 Å². The second-order valence-electron chi connectivity index (χ2n) is 8.82. The van der Waals surface area contributed by atoms with Crippen LogP contribution in [0.25, 0.3) is 43.4 Å². The number of aryl methyl sites for hydroxylation is 1. The van der Waals surface area contributed by atoms with E-state index in [0.29, 0.717) is 17.7 Å². The maximum atomic E-state index is 5.43. The molecule has 1 fully saturated rings. The number of hydrogen-bond acceptors (Lipinski definition) is 7. The summed E-state index contributed by atoms with van der Waals surface area (Å²) < 4.78 is 7.39. The number of ether oxygens (including phenoxy) is 1. The smallest absolute Gasteiger partial charge is 0.213 e. The van der Waals surface area contributed by atoms with E-state index in [0.717, 1.165) is 56.3 Å². The number of methoxy groups -OCH3 is 1. The van der Waals surface area contributed by atoms with Crippen LogP contribution in [0.1, 0.15) is 25.7 Å². The Bertz CT molecular complexity index is 1490. The highest BCUT2D eigenvalue weighted by Gasteiger charge is 2.25. The van der Waals surface area contributed by atoms with Crippen LogP contribution in [0.3, 0.4) is 0 Å². The van der Waals surface area contributed by atoms with Crippen LogP contribution in [0, 0.1) is 0 Å². The van der Waals surface area contributed by atoms with E-state index in [-0.39, 0.29) is 0 Å². The zero-order valence-electron chi connectivity index (χ0n) is 19.7. The Labute approximate surface area is 207 Å². The zero-order chi connectivity index (χ0) is 23.8. The van der Waals surface area contributed by atoms with Crippen molar-refractivity contribution >= 4 is 27.4 Å². The minimum atomic E-state index is 0.412. The maximum Gasteiger partial charge on any atom is 0.213 e. The molecule has 4 heterocycles. The van der Waals surface area contributed by atoms with Gasteiger partial charge in [-0.15, -0.1) is 11.3 Å². The van der Waals surface area contributed by atoms with Gasteiger partial charge in [-0.2, -0.15) is 0 Å². The van der Waals surface area contributed by atoms with Gasteiger partial charge in [-0.25, -0.2) is 19.9 Å². The average molecular weight is 483 g/mol. The van der Waals surface area contributed by atoms with Gasteiger partial charge >= 0.3 is 0 Å². The number of hydrogen-bond donors (Lipinski definition) is 1. The quantitative estimate of drug-likeness (QED) is 0.311. The number of rotatable bonds is 6. The Balaban J connectivity index is 1.64. The number of fused-ring (bicyclic) bond motifs is 1. The van der Waals surface area contributed by atoms with E-state index in [1.54, 1.807) is 30.8 Å². The minimum Gasteiger partial charge on any atom is -0.481 e. The van der Waals surface area contributed by atoms with Gasteiger partial charge in [-0.3, -0.25) is 0 Å². The molecule has 1 N–H and O–H groups in total. The van der Waals surface area contributed by atoms with Gasteiger partial charge in [0.1, 0.15) is 10.6 Å². The molecular formula is C27H26N6OS. The van der Waals surface area contributed by atoms with Crippen molar-refractivity contribution in [3.8, 4) is 39.1 Å². The molecule has 4 aromatic heterocycles. The summed E-state index contributed by atoms with van der Waals surface area (Å²) in [5.41, 5.74) is 3.31. The van der Waals surface area contributed by atoms with E-state index < -0.39 is 0 Å². The average Bonchev–Trinajstić information content (AvgIpc) is 3.64. The van der Waals surface area contributed by atoms with Gasteiger partial charge in [0.2, 0.25) is 5.88 Å². The molecule has 0 aliphatic heterocycles. The molecule has 0 saturated heterocycles. The molecule has 0 radical (unpaired) electrons. The lowest BCUT2D eigenvalue weighted by Gasteiger charge is -2.16. The lowest BCUT2D eigenvalue weighted by Crippen LogP contribution is -2.16. The Kier molecular flexibility index (Phi) is 5.66. The Hall–Kier alpha value is -3.78. The molecule has 7 nitrogen and oxygen atoms in total. The second kappa shape index (κ2) is 9.11. The van der Waals surface area contributed by atoms with Crippen molar-refractivity contribution in [2.24, 2.45) is 7.05 Å². The molecule has 6 rings (SSSR count). The van der Waals surface area contributed by atoms with Crippen LogP contribution in [0.15, 0.2) is 61.1 Å². The molecule has 1 saturated carbocycles. The summed E-state index contributed by atoms with van der Waals surface area (Å²) in [5.74, 6) is 2.85. The van der Waals surface area contributed by atoms with Crippen LogP contribution in [0.4, 0.5) is 5.82 Å². The number of nitrogens with one attached hydrogen (secondary N) is 1. The number of aromatic nitrogens is 5. The van der Waals surface area contributed by atoms with Crippen LogP contribution in [0.2, 0.25) is 0 Å². The molecule has 1 aromatic carbocycles. The fourth-order valence-electron chi connectivity index (χ4n) is 4.80. The summed E-state index contributed by atoms with van der Waals surface area (Å²) in [6.45, 7) is 0. The van der Waals surface area contributed by atoms with E-state index in [1.165, 1.54) is 12.8 Å². The van der Waals surface area contributed by atoms with Gasteiger partial charge in [0.15, 0.2) is 11.6 Å². The number of imidazole rings is 1. The number of benzene rings is 1. The number of pyridine rings is 1. The monoisotopic (exact) mass is 482 g/mol. The summed E-state index contributed by atoms with van der Waals surface area (Å²) in [4.78, 5) is 21.0. The van der Waals surface area contributed by atoms with Crippen molar-refractivity contribution < 1.29 is 4.74 Å². The third-order valence-corrected chi connectivity index (χ3v) is 7.67. The predicted octanol–water partition coefficient (Wildman–Crippen LogP) is 6.18. The Morgan fingerprint density at radius 2 is 1.83 bits per heavy atom. The van der Waals surface area contributed by atoms with Crippen molar-refractivity contribution in [1.82, 2.24) is 24.5 Å². The van der Waals surface area contributed by atoms with Gasteiger partial charge in [-0.1, -0.05) is 43.2 Å². The molecule has 5 aromatic rings. The van der Waals surface area contributed by atoms with E-state index in [9.17, 15) is 0 Å². The first-order valence-corrected chi connectivity index (χ1v) is 12.7. The third-order valence-electron chi connectivity index (χ3n) is 6.54. The van der Waals surface area contributed by atoms with Crippen molar-refractivity contribution in [3.05, 3.63) is 61.1 Å². The first-order valence-electron chi connectivity index (χ1n) is 11.9. The fraction of sp³-hybridized carbons (Fsp3) is 0.259. The van der Waals surface area contributed by atoms with Crippen molar-refractivity contribution in [1.29, 1.82) is 0 Å². The summed E-state index contributed by atoms with van der Waals surface area (Å²) >= 11 is 1.67. The molecule has 0 amide bonds. The van der Waals surface area contributed by atoms with Crippen molar-refractivity contribution in [2.45, 2.75) is 31.7 Å². The van der Waals surface area contributed by atoms with Gasteiger partial charge in [0, 0.05) is 48.2 Å². The highest BCUT2D eigenvalue weighted by molar-refractivity contribution is 7.22. The van der Waals surface area contributed by atoms with Crippen LogP contribution in [0.5, 0.6) is 5.88 Å². The zero-order valence-corrected chi connectivity index (χ0v) is 20.5. The maximum absolute atomic E-state index is 5.43. The molecule has 8 heteroatoms. The van der Waals surface area contributed by atoms with Crippen LogP contribution in [-0.2, 0) is 7.05 Å². The molecule has 0 spiro atoms. The topological polar surface area (TPSA) is 77.8 Å². The predicted molar refractivity (Wildman–Crippen MR) is 141 cm³/mol. The van der Waals surface area contributed by atoms with Crippen molar-refractivity contribution in [3.63, 3.8) is 0 Å². The lowest BCUT2D eigenvalue weighted by molar-refractivity contribution is 0.398. The summed E-state index contributed by atoms with van der Waals surface area (Å²) in [7, 11) is 3.61. The van der Waals surface area contributed by atoms with E-state index in [4.69, 9.17) is 14.7 Å². The van der Waals surface area contributed by atoms with Crippen LogP contribution < -0.4 is 10.1 Å². The first kappa shape index (κ1) is 21.7. The normalized spacial score (nSPS) is 14.0. The van der Waals surface area contributed by atoms with Crippen LogP contribution >= 0.6 is 11.3 Å². The fourth-order valence-corrected chi connectivity index (χ4v) is 5.99. The molecule has 0 atom stereocenters. The van der Waals surface area contributed by atoms with E-state index in [1.807, 2.05) is 36.0 Å². The van der Waals surface area contributed by atoms with E-state index >= 15 is 0 Å². The number of anilines is 1. The molecule has 1 aliphatic carbocycles. The standard InChI is InChI=1S/C27H26N6OS/c1-33-15-14-29-26(33)25-31-24(30-19-10-6-7-11-19)22-21(17-8-4-3-5-9-17)23(35-27(22)32-25)18-12-13-28-20(16-18)34-2/h3-5,8-9,12-16,19H,6-7,10-11H2,1-2H3,(H,30,31,32). The highest BCUT2D eigenvalue weighted by Crippen LogP contribution is 2.47. The molecular weight excluding hydrogens is 456 g/mol. The van der Waals surface area contributed by atoms with Crippen LogP contribution in [-0.4, -0.2) is 37.7 Å². The second-order valence-corrected chi connectivity index (χ2v) is 9.82. The SMILES string of the molecule is COc1cc(-c2sc3nc(-c4nccn4C)nc(NC4CCCC4)c3c2-c2ccccc2)ccn1. The number of thiophene rings is 1. The minimum absolute atomic E-state index is 0.412. The molecule has 0 unspecified atom stereocenters. The largest absolute Gasteiger partial charge is 0.481 e. The summed E-state index contributed by atoms with van der Waals surface area (Å²) in [6, 6.07) is 14.9. The molecule has 0 bridgehead atoms. The van der Waals surface area contributed by atoms with Gasteiger partial charge in [0.25, 0.3) is 0 Å². The van der Waals surface area contributed by atoms with Gasteiger partial charge in [-0.05, 0) is 30.0 Å². The third kappa shape index (κ3) is 4.04. The molecule has 35 heavy (non-hydrogen) atoms. The van der Waals surface area contributed by atoms with E-state index in [2.05, 4.69) is 39.6 Å². The molecule has 176 valence electrons. The Morgan fingerprint density at radius 3 is 2.57 bits per heavy atom. The summed E-state index contributed by atoms with van der Waals surface area (Å²) in [6.07, 6.45) is 10.3. The lowest BCUT2D eigenvalue weighted by atomic mass is 10.00. The number of nitrogens with zero attached hydrogens (tertiary/aromatic N) is 5. The van der Waals surface area contributed by atoms with Gasteiger partial charge < -0.3 is 14.6 Å². The first-order chi connectivity index (χ1) is 17.2.